The van der Waals surface area contributed by atoms with Crippen LogP contribution in [0.3, 0.4) is 0 Å². The molecule has 0 unspecified atom stereocenters. The third-order valence-electron chi connectivity index (χ3n) is 5.89. The fraction of sp³-hybridized carbons (Fsp3) is 0.409. The Balaban J connectivity index is 1.31. The van der Waals surface area contributed by atoms with E-state index < -0.39 is 9.84 Å². The highest BCUT2D eigenvalue weighted by Gasteiger charge is 2.37. The maximum Gasteiger partial charge on any atom is 0.260 e. The fourth-order valence-corrected chi connectivity index (χ4v) is 6.07. The molecule has 1 atom stereocenters. The second-order valence-electron chi connectivity index (χ2n) is 7.79. The zero-order valence-corrected chi connectivity index (χ0v) is 17.2. The van der Waals surface area contributed by atoms with Crippen LogP contribution in [0.2, 0.25) is 0 Å². The summed E-state index contributed by atoms with van der Waals surface area (Å²) in [5.41, 5.74) is 2.02. The molecule has 6 nitrogen and oxygen atoms in total. The molecule has 154 valence electrons. The van der Waals surface area contributed by atoms with Gasteiger partial charge in [-0.3, -0.25) is 4.79 Å². The largest absolute Gasteiger partial charge is 0.483 e. The first-order chi connectivity index (χ1) is 14.0. The Labute approximate surface area is 172 Å². The normalized spacial score (nSPS) is 21.8. The van der Waals surface area contributed by atoms with Crippen molar-refractivity contribution in [3.05, 3.63) is 54.6 Å². The Kier molecular flexibility index (Phi) is 5.87. The minimum atomic E-state index is -2.86. The monoisotopic (exact) mass is 415 g/mol. The molecule has 1 amide bonds. The number of sulfone groups is 1. The molecular formula is C22H27N2O4S+. The van der Waals surface area contributed by atoms with Gasteiger partial charge < -0.3 is 14.5 Å². The summed E-state index contributed by atoms with van der Waals surface area (Å²) in [6, 6.07) is 17.9. The van der Waals surface area contributed by atoms with E-state index in [0.29, 0.717) is 24.6 Å². The molecule has 2 aromatic rings. The number of ether oxygens (including phenoxy) is 1. The van der Waals surface area contributed by atoms with Gasteiger partial charge in [-0.1, -0.05) is 48.5 Å². The lowest BCUT2D eigenvalue weighted by molar-refractivity contribution is -0.925. The third kappa shape index (κ3) is 4.79. The summed E-state index contributed by atoms with van der Waals surface area (Å²) in [6.45, 7) is 2.90. The van der Waals surface area contributed by atoms with E-state index in [1.165, 1.54) is 4.90 Å². The molecule has 29 heavy (non-hydrogen) atoms. The highest BCUT2D eigenvalue weighted by molar-refractivity contribution is 7.91. The van der Waals surface area contributed by atoms with Gasteiger partial charge in [0.1, 0.15) is 17.5 Å². The van der Waals surface area contributed by atoms with Crippen molar-refractivity contribution in [3.63, 3.8) is 0 Å². The molecule has 0 aromatic heterocycles. The molecule has 2 aliphatic heterocycles. The quantitative estimate of drug-likeness (QED) is 0.779. The fourth-order valence-electron chi connectivity index (χ4n) is 4.25. The van der Waals surface area contributed by atoms with E-state index in [1.54, 1.807) is 0 Å². The standard InChI is InChI=1S/C22H26N2O4S/c25-22(24-13-11-23(12-14-24)19-10-15-29(26,27)17-19)16-28-21-9-5-4-8-20(21)18-6-2-1-3-7-18/h1-9,19H,10-17H2/p+1/t19-/m0/s1. The highest BCUT2D eigenvalue weighted by atomic mass is 32.2. The van der Waals surface area contributed by atoms with E-state index in [4.69, 9.17) is 4.74 Å². The first-order valence-electron chi connectivity index (χ1n) is 10.1. The maximum atomic E-state index is 12.6. The zero-order chi connectivity index (χ0) is 20.3. The number of rotatable bonds is 5. The lowest BCUT2D eigenvalue weighted by Crippen LogP contribution is -3.18. The van der Waals surface area contributed by atoms with Crippen LogP contribution in [0.25, 0.3) is 11.1 Å². The Bertz CT molecular complexity index is 954. The van der Waals surface area contributed by atoms with Crippen molar-refractivity contribution < 1.29 is 22.8 Å². The maximum absolute atomic E-state index is 12.6. The number of piperazine rings is 1. The molecule has 0 bridgehead atoms. The number of para-hydroxylation sites is 1. The van der Waals surface area contributed by atoms with E-state index in [-0.39, 0.29) is 24.3 Å². The van der Waals surface area contributed by atoms with E-state index in [9.17, 15) is 13.2 Å². The van der Waals surface area contributed by atoms with Gasteiger partial charge in [-0.2, -0.15) is 0 Å². The number of hydrogen-bond acceptors (Lipinski definition) is 4. The van der Waals surface area contributed by atoms with Crippen molar-refractivity contribution in [1.29, 1.82) is 0 Å². The number of nitrogens with one attached hydrogen (secondary N) is 1. The van der Waals surface area contributed by atoms with Crippen molar-refractivity contribution in [1.82, 2.24) is 4.90 Å². The van der Waals surface area contributed by atoms with Crippen LogP contribution >= 0.6 is 0 Å². The van der Waals surface area contributed by atoms with Crippen LogP contribution in [0.4, 0.5) is 0 Å². The smallest absolute Gasteiger partial charge is 0.260 e. The van der Waals surface area contributed by atoms with Crippen molar-refractivity contribution in [3.8, 4) is 16.9 Å². The van der Waals surface area contributed by atoms with E-state index in [0.717, 1.165) is 30.6 Å². The average Bonchev–Trinajstić information content (AvgIpc) is 3.12. The van der Waals surface area contributed by atoms with Gasteiger partial charge in [-0.05, 0) is 11.6 Å². The molecule has 0 aliphatic carbocycles. The van der Waals surface area contributed by atoms with Crippen LogP contribution in [-0.4, -0.2) is 69.6 Å². The molecule has 2 aromatic carbocycles. The number of amides is 1. The molecule has 4 rings (SSSR count). The van der Waals surface area contributed by atoms with Gasteiger partial charge in [0.25, 0.3) is 5.91 Å². The van der Waals surface area contributed by atoms with Crippen LogP contribution < -0.4 is 9.64 Å². The van der Waals surface area contributed by atoms with Crippen LogP contribution in [0, 0.1) is 0 Å². The summed E-state index contributed by atoms with van der Waals surface area (Å²) < 4.78 is 29.3. The van der Waals surface area contributed by atoms with Gasteiger partial charge in [0, 0.05) is 12.0 Å². The predicted octanol–water partition coefficient (Wildman–Crippen LogP) is 0.647. The molecule has 2 heterocycles. The van der Waals surface area contributed by atoms with Gasteiger partial charge in [0.05, 0.1) is 31.9 Å². The minimum absolute atomic E-state index is 0.0109. The molecular weight excluding hydrogens is 388 g/mol. The number of carbonyl (C=O) groups excluding carboxylic acids is 1. The highest BCUT2D eigenvalue weighted by Crippen LogP contribution is 2.29. The molecule has 7 heteroatoms. The lowest BCUT2D eigenvalue weighted by Gasteiger charge is -2.35. The summed E-state index contributed by atoms with van der Waals surface area (Å²) in [6.07, 6.45) is 0.741. The van der Waals surface area contributed by atoms with Crippen LogP contribution in [-0.2, 0) is 14.6 Å². The van der Waals surface area contributed by atoms with Gasteiger partial charge in [-0.15, -0.1) is 0 Å². The average molecular weight is 416 g/mol. The molecule has 0 spiro atoms. The van der Waals surface area contributed by atoms with Gasteiger partial charge in [-0.25, -0.2) is 8.42 Å². The number of carbonyl (C=O) groups is 1. The SMILES string of the molecule is O=C(COc1ccccc1-c1ccccc1)N1CC[NH+]([C@H]2CCS(=O)(=O)C2)CC1. The van der Waals surface area contributed by atoms with E-state index >= 15 is 0 Å². The van der Waals surface area contributed by atoms with Crippen LogP contribution in [0.15, 0.2) is 54.6 Å². The Morgan fingerprint density at radius 3 is 2.41 bits per heavy atom. The summed E-state index contributed by atoms with van der Waals surface area (Å²) in [7, 11) is -2.86. The summed E-state index contributed by atoms with van der Waals surface area (Å²) in [5, 5.41) is 0. The van der Waals surface area contributed by atoms with Crippen molar-refractivity contribution in [2.75, 3.05) is 44.3 Å². The summed E-state index contributed by atoms with van der Waals surface area (Å²) in [5.74, 6) is 1.27. The van der Waals surface area contributed by atoms with Gasteiger partial charge >= 0.3 is 0 Å². The lowest BCUT2D eigenvalue weighted by atomic mass is 10.1. The number of quaternary nitrogens is 1. The molecule has 0 saturated carbocycles. The first kappa shape index (κ1) is 19.9. The Morgan fingerprint density at radius 2 is 1.72 bits per heavy atom. The number of hydrogen-bond donors (Lipinski definition) is 1. The molecule has 2 fully saturated rings. The second-order valence-corrected chi connectivity index (χ2v) is 10.0. The van der Waals surface area contributed by atoms with Gasteiger partial charge in [0.15, 0.2) is 16.4 Å². The van der Waals surface area contributed by atoms with E-state index in [2.05, 4.69) is 0 Å². The van der Waals surface area contributed by atoms with Crippen LogP contribution in [0.1, 0.15) is 6.42 Å². The second kappa shape index (κ2) is 8.55. The van der Waals surface area contributed by atoms with Crippen LogP contribution in [0.5, 0.6) is 5.75 Å². The minimum Gasteiger partial charge on any atom is -0.483 e. The Morgan fingerprint density at radius 1 is 1.03 bits per heavy atom. The molecule has 1 N–H and O–H groups in total. The first-order valence-corrected chi connectivity index (χ1v) is 11.9. The van der Waals surface area contributed by atoms with Crippen molar-refractivity contribution >= 4 is 15.7 Å². The number of nitrogens with zero attached hydrogens (tertiary/aromatic N) is 1. The van der Waals surface area contributed by atoms with Crippen molar-refractivity contribution in [2.24, 2.45) is 0 Å². The predicted molar refractivity (Wildman–Crippen MR) is 112 cm³/mol. The van der Waals surface area contributed by atoms with E-state index in [1.807, 2.05) is 59.5 Å². The summed E-state index contributed by atoms with van der Waals surface area (Å²) in [4.78, 5) is 15.8. The zero-order valence-electron chi connectivity index (χ0n) is 16.4. The van der Waals surface area contributed by atoms with Gasteiger partial charge in [0.2, 0.25) is 0 Å². The van der Waals surface area contributed by atoms with Crippen molar-refractivity contribution in [2.45, 2.75) is 12.5 Å². The summed E-state index contributed by atoms with van der Waals surface area (Å²) >= 11 is 0. The topological polar surface area (TPSA) is 68.1 Å². The molecule has 2 saturated heterocycles. The third-order valence-corrected chi connectivity index (χ3v) is 7.66. The number of benzene rings is 2. The Hall–Kier alpha value is -2.38. The molecule has 2 aliphatic rings. The molecule has 0 radical (unpaired) electrons.